The minimum atomic E-state index is -0.594. The lowest BCUT2D eigenvalue weighted by molar-refractivity contribution is -0.139. The van der Waals surface area contributed by atoms with Crippen LogP contribution in [0.1, 0.15) is 67.2 Å². The summed E-state index contributed by atoms with van der Waals surface area (Å²) in [6, 6.07) is 0. The van der Waals surface area contributed by atoms with Crippen molar-refractivity contribution in [2.75, 3.05) is 13.1 Å². The maximum atomic E-state index is 13.3. The molecular formula is C21H34N2O4. The highest BCUT2D eigenvalue weighted by atomic mass is 16.6. The fourth-order valence-corrected chi connectivity index (χ4v) is 3.81. The first kappa shape index (κ1) is 21.5. The maximum Gasteiger partial charge on any atom is 0.410 e. The summed E-state index contributed by atoms with van der Waals surface area (Å²) in [5.74, 6) is 0.144. The smallest absolute Gasteiger partial charge is 0.410 e. The first-order chi connectivity index (χ1) is 12.3. The lowest BCUT2D eigenvalue weighted by atomic mass is 9.64. The Morgan fingerprint density at radius 2 is 1.74 bits per heavy atom. The highest BCUT2D eigenvalue weighted by molar-refractivity contribution is 5.91. The summed E-state index contributed by atoms with van der Waals surface area (Å²) >= 11 is 0. The van der Waals surface area contributed by atoms with Crippen LogP contribution in [-0.4, -0.2) is 46.9 Å². The van der Waals surface area contributed by atoms with Crippen LogP contribution in [0, 0.1) is 11.3 Å². The van der Waals surface area contributed by atoms with Crippen molar-refractivity contribution < 1.29 is 19.1 Å². The van der Waals surface area contributed by atoms with Gasteiger partial charge >= 0.3 is 6.09 Å². The summed E-state index contributed by atoms with van der Waals surface area (Å²) < 4.78 is 5.47. The summed E-state index contributed by atoms with van der Waals surface area (Å²) in [6.07, 6.45) is 5.47. The van der Waals surface area contributed by atoms with Gasteiger partial charge in [0.1, 0.15) is 5.60 Å². The molecule has 1 aliphatic heterocycles. The van der Waals surface area contributed by atoms with Gasteiger partial charge < -0.3 is 15.0 Å². The molecule has 0 aromatic heterocycles. The highest BCUT2D eigenvalue weighted by Gasteiger charge is 2.48. The van der Waals surface area contributed by atoms with Crippen molar-refractivity contribution in [1.29, 1.82) is 0 Å². The molecule has 1 fully saturated rings. The zero-order valence-electron chi connectivity index (χ0n) is 17.6. The molecule has 152 valence electrons. The largest absolute Gasteiger partial charge is 0.444 e. The van der Waals surface area contributed by atoms with Crippen LogP contribution >= 0.6 is 0 Å². The van der Waals surface area contributed by atoms with E-state index in [9.17, 15) is 14.4 Å². The summed E-state index contributed by atoms with van der Waals surface area (Å²) in [6.45, 7) is 12.4. The number of nitrogens with one attached hydrogen (secondary N) is 1. The number of ketones is 1. The third-order valence-electron chi connectivity index (χ3n) is 5.17. The number of hydrogen-bond acceptors (Lipinski definition) is 4. The molecule has 0 bridgehead atoms. The Labute approximate surface area is 162 Å². The van der Waals surface area contributed by atoms with Crippen molar-refractivity contribution in [2.45, 2.75) is 78.4 Å². The first-order valence-corrected chi connectivity index (χ1v) is 9.84. The van der Waals surface area contributed by atoms with Gasteiger partial charge in [-0.3, -0.25) is 9.59 Å². The Balaban J connectivity index is 2.18. The van der Waals surface area contributed by atoms with E-state index in [2.05, 4.69) is 5.32 Å². The average molecular weight is 379 g/mol. The predicted molar refractivity (Wildman–Crippen MR) is 104 cm³/mol. The molecule has 27 heavy (non-hydrogen) atoms. The van der Waals surface area contributed by atoms with Gasteiger partial charge in [-0.15, -0.1) is 0 Å². The lowest BCUT2D eigenvalue weighted by Gasteiger charge is -2.46. The molecule has 6 nitrogen and oxygen atoms in total. The molecule has 0 aromatic carbocycles. The molecule has 2 aliphatic rings. The SMILES string of the molecule is CC(C)(C)NC(=O)C1(C2C=CC(=O)CC2)CCN(C(=O)OC(C)(C)C)CC1. The number of nitrogens with zero attached hydrogens (tertiary/aromatic N) is 1. The number of amides is 2. The van der Waals surface area contributed by atoms with Gasteiger partial charge in [0.25, 0.3) is 0 Å². The van der Waals surface area contributed by atoms with Gasteiger partial charge in [-0.05, 0) is 72.8 Å². The summed E-state index contributed by atoms with van der Waals surface area (Å²) in [5, 5.41) is 3.13. The second kappa shape index (κ2) is 7.64. The molecule has 1 aliphatic carbocycles. The Kier molecular flexibility index (Phi) is 6.07. The fraction of sp³-hybridized carbons (Fsp3) is 0.762. The van der Waals surface area contributed by atoms with E-state index >= 15 is 0 Å². The zero-order valence-corrected chi connectivity index (χ0v) is 17.6. The fourth-order valence-electron chi connectivity index (χ4n) is 3.81. The molecule has 1 unspecified atom stereocenters. The van der Waals surface area contributed by atoms with Gasteiger partial charge in [-0.2, -0.15) is 0 Å². The average Bonchev–Trinajstić information content (AvgIpc) is 2.52. The highest BCUT2D eigenvalue weighted by Crippen LogP contribution is 2.44. The Morgan fingerprint density at radius 3 is 2.19 bits per heavy atom. The number of hydrogen-bond donors (Lipinski definition) is 1. The number of piperidine rings is 1. The van der Waals surface area contributed by atoms with Crippen molar-refractivity contribution in [3.63, 3.8) is 0 Å². The lowest BCUT2D eigenvalue weighted by Crippen LogP contribution is -2.57. The number of likely N-dealkylation sites (tertiary alicyclic amines) is 1. The maximum absolute atomic E-state index is 13.3. The van der Waals surface area contributed by atoms with Gasteiger partial charge in [0, 0.05) is 25.0 Å². The van der Waals surface area contributed by atoms with Crippen LogP contribution in [0.2, 0.25) is 0 Å². The van der Waals surface area contributed by atoms with Crippen LogP contribution in [0.5, 0.6) is 0 Å². The molecule has 1 atom stereocenters. The van der Waals surface area contributed by atoms with Gasteiger partial charge in [0.2, 0.25) is 5.91 Å². The summed E-state index contributed by atoms with van der Waals surface area (Å²) in [5.41, 5.74) is -1.47. The van der Waals surface area contributed by atoms with Crippen LogP contribution in [-0.2, 0) is 14.3 Å². The molecular weight excluding hydrogens is 344 g/mol. The van der Waals surface area contributed by atoms with Gasteiger partial charge in [0.05, 0.1) is 5.41 Å². The van der Waals surface area contributed by atoms with E-state index in [0.717, 1.165) is 0 Å². The second-order valence-electron chi connectivity index (χ2n) is 9.80. The van der Waals surface area contributed by atoms with Crippen LogP contribution in [0.4, 0.5) is 4.79 Å². The monoisotopic (exact) mass is 378 g/mol. The third kappa shape index (κ3) is 5.56. The Bertz CT molecular complexity index is 617. The molecule has 0 radical (unpaired) electrons. The van der Waals surface area contributed by atoms with E-state index in [0.29, 0.717) is 38.8 Å². The van der Waals surface area contributed by atoms with E-state index in [1.165, 1.54) is 0 Å². The van der Waals surface area contributed by atoms with E-state index < -0.39 is 11.0 Å². The molecule has 0 spiro atoms. The van der Waals surface area contributed by atoms with Crippen molar-refractivity contribution in [1.82, 2.24) is 10.2 Å². The zero-order chi connectivity index (χ0) is 20.5. The second-order valence-corrected chi connectivity index (χ2v) is 9.80. The van der Waals surface area contributed by atoms with Crippen LogP contribution in [0.15, 0.2) is 12.2 Å². The number of ether oxygens (including phenoxy) is 1. The standard InChI is InChI=1S/C21H34N2O4/c1-19(2,3)22-17(25)21(15-7-9-16(24)10-8-15)11-13-23(14-12-21)18(26)27-20(4,5)6/h7,9,15H,8,10-14H2,1-6H3,(H,22,25). The minimum absolute atomic E-state index is 0.0123. The molecule has 2 amide bonds. The Hall–Kier alpha value is -1.85. The number of carbonyl (C=O) groups excluding carboxylic acids is 3. The number of allylic oxidation sites excluding steroid dienone is 2. The van der Waals surface area contributed by atoms with Gasteiger partial charge in [0.15, 0.2) is 5.78 Å². The third-order valence-corrected chi connectivity index (χ3v) is 5.17. The molecule has 6 heteroatoms. The van der Waals surface area contributed by atoms with Crippen LogP contribution in [0.25, 0.3) is 0 Å². The molecule has 1 heterocycles. The summed E-state index contributed by atoms with van der Waals surface area (Å²) in [4.78, 5) is 38.9. The molecule has 1 N–H and O–H groups in total. The molecule has 2 rings (SSSR count). The normalized spacial score (nSPS) is 23.1. The van der Waals surface area contributed by atoms with Gasteiger partial charge in [-0.25, -0.2) is 4.79 Å². The van der Waals surface area contributed by atoms with Crippen molar-refractivity contribution >= 4 is 17.8 Å². The van der Waals surface area contributed by atoms with E-state index in [-0.39, 0.29) is 29.2 Å². The van der Waals surface area contributed by atoms with Crippen molar-refractivity contribution in [2.24, 2.45) is 11.3 Å². The van der Waals surface area contributed by atoms with E-state index in [1.807, 2.05) is 47.6 Å². The first-order valence-electron chi connectivity index (χ1n) is 9.84. The molecule has 0 saturated carbocycles. The van der Waals surface area contributed by atoms with Crippen LogP contribution < -0.4 is 5.32 Å². The van der Waals surface area contributed by atoms with Gasteiger partial charge in [-0.1, -0.05) is 6.08 Å². The molecule has 1 saturated heterocycles. The summed E-state index contributed by atoms with van der Waals surface area (Å²) in [7, 11) is 0. The topological polar surface area (TPSA) is 75.7 Å². The van der Waals surface area contributed by atoms with Crippen molar-refractivity contribution in [3.05, 3.63) is 12.2 Å². The number of rotatable bonds is 2. The molecule has 0 aromatic rings. The Morgan fingerprint density at radius 1 is 1.15 bits per heavy atom. The quantitative estimate of drug-likeness (QED) is 0.798. The number of carbonyl (C=O) groups is 3. The van der Waals surface area contributed by atoms with Crippen molar-refractivity contribution in [3.8, 4) is 0 Å². The van der Waals surface area contributed by atoms with E-state index in [4.69, 9.17) is 4.74 Å². The minimum Gasteiger partial charge on any atom is -0.444 e. The van der Waals surface area contributed by atoms with Crippen LogP contribution in [0.3, 0.4) is 0 Å². The predicted octanol–water partition coefficient (Wildman–Crippen LogP) is 3.45. The van der Waals surface area contributed by atoms with E-state index in [1.54, 1.807) is 11.0 Å².